The molecule has 0 radical (unpaired) electrons. The number of halogens is 2. The maximum absolute atomic E-state index is 15.1. The summed E-state index contributed by atoms with van der Waals surface area (Å²) in [6.07, 6.45) is 2.51. The van der Waals surface area contributed by atoms with Gasteiger partial charge in [0.1, 0.15) is 33.5 Å². The van der Waals surface area contributed by atoms with Gasteiger partial charge in [-0.15, -0.1) is 0 Å². The molecule has 3 aromatic rings. The van der Waals surface area contributed by atoms with Crippen LogP contribution >= 0.6 is 0 Å². The topological polar surface area (TPSA) is 84.8 Å². The number of hydrogen-bond donors (Lipinski definition) is 1. The summed E-state index contributed by atoms with van der Waals surface area (Å²) in [4.78, 5) is 13.3. The molecule has 0 bridgehead atoms. The Hall–Kier alpha value is -2.68. The lowest BCUT2D eigenvalue weighted by atomic mass is 9.91. The fourth-order valence-electron chi connectivity index (χ4n) is 4.45. The molecule has 3 heterocycles. The second-order valence-corrected chi connectivity index (χ2v) is 11.5. The second kappa shape index (κ2) is 8.59. The summed E-state index contributed by atoms with van der Waals surface area (Å²) in [7, 11) is -2.97. The van der Waals surface area contributed by atoms with Crippen LogP contribution < -0.4 is 5.32 Å². The monoisotopic (exact) mass is 474 g/mol. The lowest BCUT2D eigenvalue weighted by molar-refractivity contribution is 0.213. The van der Waals surface area contributed by atoms with Crippen molar-refractivity contribution in [2.24, 2.45) is 0 Å². The van der Waals surface area contributed by atoms with Crippen molar-refractivity contribution in [3.05, 3.63) is 58.8 Å². The summed E-state index contributed by atoms with van der Waals surface area (Å²) in [5.74, 6) is 0.346. The molecule has 1 aliphatic rings. The molecule has 1 saturated heterocycles. The fraction of sp³-hybridized carbons (Fsp3) is 0.458. The van der Waals surface area contributed by atoms with Crippen LogP contribution in [0, 0.1) is 12.7 Å². The molecule has 9 heteroatoms. The first-order chi connectivity index (χ1) is 15.5. The standard InChI is InChI=1S/C24H28F2N4O2S/c1-14(17-6-5-7-20(21(17)25)24(3,4)26)29-22-19-12-18(15(2)30-23(19)28-13-27-22)16-8-10-33(31,32)11-9-16/h5-7,12-14,16H,8-11H2,1-4H3,(H,27,28,29,30)/t14-/m1/s1. The van der Waals surface area contributed by atoms with Crippen LogP contribution in [-0.2, 0) is 15.5 Å². The lowest BCUT2D eigenvalue weighted by Gasteiger charge is -2.24. The molecule has 0 saturated carbocycles. The van der Waals surface area contributed by atoms with Gasteiger partial charge in [0.25, 0.3) is 0 Å². The Balaban J connectivity index is 1.69. The molecule has 1 N–H and O–H groups in total. The van der Waals surface area contributed by atoms with E-state index in [9.17, 15) is 12.8 Å². The van der Waals surface area contributed by atoms with Crippen LogP contribution in [0.2, 0.25) is 0 Å². The number of benzene rings is 1. The Morgan fingerprint density at radius 1 is 1.18 bits per heavy atom. The first-order valence-corrected chi connectivity index (χ1v) is 12.9. The molecule has 2 aromatic heterocycles. The highest BCUT2D eigenvalue weighted by Gasteiger charge is 2.28. The van der Waals surface area contributed by atoms with Crippen LogP contribution in [0.1, 0.15) is 68.0 Å². The SMILES string of the molecule is Cc1nc2ncnc(N[C@H](C)c3cccc(C(C)(C)F)c3F)c2cc1C1CCS(=O)(=O)CC1. The van der Waals surface area contributed by atoms with Gasteiger partial charge < -0.3 is 5.32 Å². The van der Waals surface area contributed by atoms with E-state index in [2.05, 4.69) is 20.3 Å². The molecule has 0 unspecified atom stereocenters. The zero-order chi connectivity index (χ0) is 24.0. The predicted octanol–water partition coefficient (Wildman–Crippen LogP) is 5.14. The number of hydrogen-bond acceptors (Lipinski definition) is 6. The lowest BCUT2D eigenvalue weighted by Crippen LogP contribution is -2.22. The Morgan fingerprint density at radius 2 is 1.88 bits per heavy atom. The Morgan fingerprint density at radius 3 is 2.55 bits per heavy atom. The van der Waals surface area contributed by atoms with Crippen molar-refractivity contribution in [3.63, 3.8) is 0 Å². The Bertz CT molecular complexity index is 1290. The second-order valence-electron chi connectivity index (χ2n) is 9.23. The molecule has 1 aromatic carbocycles. The van der Waals surface area contributed by atoms with Gasteiger partial charge >= 0.3 is 0 Å². The van der Waals surface area contributed by atoms with E-state index >= 15 is 4.39 Å². The van der Waals surface area contributed by atoms with Gasteiger partial charge in [0.05, 0.1) is 22.9 Å². The fourth-order valence-corrected chi connectivity index (χ4v) is 5.94. The average molecular weight is 475 g/mol. The molecule has 0 aliphatic carbocycles. The van der Waals surface area contributed by atoms with Crippen LogP contribution in [0.4, 0.5) is 14.6 Å². The predicted molar refractivity (Wildman–Crippen MR) is 125 cm³/mol. The minimum atomic E-state index is -2.97. The van der Waals surface area contributed by atoms with Crippen LogP contribution in [0.25, 0.3) is 11.0 Å². The van der Waals surface area contributed by atoms with Crippen LogP contribution in [0.5, 0.6) is 0 Å². The highest BCUT2D eigenvalue weighted by Crippen LogP contribution is 2.35. The third-order valence-corrected chi connectivity index (χ3v) is 8.05. The minimum absolute atomic E-state index is 0.00743. The molecule has 4 rings (SSSR count). The maximum atomic E-state index is 15.1. The summed E-state index contributed by atoms with van der Waals surface area (Å²) < 4.78 is 53.2. The quantitative estimate of drug-likeness (QED) is 0.551. The highest BCUT2D eigenvalue weighted by molar-refractivity contribution is 7.91. The normalized spacial score (nSPS) is 17.8. The third-order valence-electron chi connectivity index (χ3n) is 6.34. The number of nitrogens with one attached hydrogen (secondary N) is 1. The molecule has 6 nitrogen and oxygen atoms in total. The largest absolute Gasteiger partial charge is 0.363 e. The van der Waals surface area contributed by atoms with Gasteiger partial charge in [-0.1, -0.05) is 18.2 Å². The van der Waals surface area contributed by atoms with Crippen molar-refractivity contribution in [1.29, 1.82) is 0 Å². The van der Waals surface area contributed by atoms with E-state index in [4.69, 9.17) is 0 Å². The zero-order valence-corrected chi connectivity index (χ0v) is 20.0. The van der Waals surface area contributed by atoms with Crippen molar-refractivity contribution in [2.45, 2.75) is 58.2 Å². The summed E-state index contributed by atoms with van der Waals surface area (Å²) in [5.41, 5.74) is 0.841. The van der Waals surface area contributed by atoms with Crippen LogP contribution in [0.15, 0.2) is 30.6 Å². The Labute approximate surface area is 192 Å². The van der Waals surface area contributed by atoms with Crippen LogP contribution in [-0.4, -0.2) is 34.9 Å². The van der Waals surface area contributed by atoms with E-state index < -0.39 is 27.4 Å². The van der Waals surface area contributed by atoms with Crippen molar-refractivity contribution >= 4 is 26.7 Å². The molecule has 176 valence electrons. The van der Waals surface area contributed by atoms with Gasteiger partial charge in [-0.25, -0.2) is 32.2 Å². The number of aromatic nitrogens is 3. The van der Waals surface area contributed by atoms with Crippen LogP contribution in [0.3, 0.4) is 0 Å². The number of sulfone groups is 1. The summed E-state index contributed by atoms with van der Waals surface area (Å²) in [6, 6.07) is 6.20. The summed E-state index contributed by atoms with van der Waals surface area (Å²) >= 11 is 0. The zero-order valence-electron chi connectivity index (χ0n) is 19.2. The first kappa shape index (κ1) is 23.5. The van der Waals surface area contributed by atoms with Gasteiger partial charge in [-0.05, 0) is 58.1 Å². The molecule has 1 atom stereocenters. The van der Waals surface area contributed by atoms with Gasteiger partial charge in [-0.3, -0.25) is 0 Å². The van der Waals surface area contributed by atoms with Crippen molar-refractivity contribution < 1.29 is 17.2 Å². The van der Waals surface area contributed by atoms with Gasteiger partial charge in [0.15, 0.2) is 5.65 Å². The highest BCUT2D eigenvalue weighted by atomic mass is 32.2. The summed E-state index contributed by atoms with van der Waals surface area (Å²) in [6.45, 7) is 6.35. The smallest absolute Gasteiger partial charge is 0.164 e. The maximum Gasteiger partial charge on any atom is 0.164 e. The molecular weight excluding hydrogens is 446 g/mol. The van der Waals surface area contributed by atoms with Crippen molar-refractivity contribution in [1.82, 2.24) is 15.0 Å². The van der Waals surface area contributed by atoms with E-state index in [-0.39, 0.29) is 23.0 Å². The Kier molecular flexibility index (Phi) is 6.11. The third kappa shape index (κ3) is 4.83. The van der Waals surface area contributed by atoms with E-state index in [1.807, 2.05) is 13.0 Å². The number of fused-ring (bicyclic) bond motifs is 1. The number of pyridine rings is 1. The first-order valence-electron chi connectivity index (χ1n) is 11.0. The summed E-state index contributed by atoms with van der Waals surface area (Å²) in [5, 5.41) is 3.92. The van der Waals surface area contributed by atoms with E-state index in [0.717, 1.165) is 11.3 Å². The van der Waals surface area contributed by atoms with Crippen molar-refractivity contribution in [2.75, 3.05) is 16.8 Å². The number of anilines is 1. The molecule has 1 aliphatic heterocycles. The molecule has 0 amide bonds. The molecule has 33 heavy (non-hydrogen) atoms. The van der Waals surface area contributed by atoms with Gasteiger partial charge in [0.2, 0.25) is 0 Å². The van der Waals surface area contributed by atoms with Crippen molar-refractivity contribution in [3.8, 4) is 0 Å². The molecular formula is C24H28F2N4O2S. The molecule has 1 fully saturated rings. The van der Waals surface area contributed by atoms with E-state index in [1.165, 1.54) is 26.2 Å². The van der Waals surface area contributed by atoms with E-state index in [0.29, 0.717) is 35.3 Å². The number of alkyl halides is 1. The van der Waals surface area contributed by atoms with Gasteiger partial charge in [-0.2, -0.15) is 0 Å². The van der Waals surface area contributed by atoms with E-state index in [1.54, 1.807) is 19.1 Å². The average Bonchev–Trinajstić information content (AvgIpc) is 2.73. The number of nitrogens with zero attached hydrogens (tertiary/aromatic N) is 3. The minimum Gasteiger partial charge on any atom is -0.363 e. The number of aryl methyl sites for hydroxylation is 1. The van der Waals surface area contributed by atoms with Gasteiger partial charge in [0, 0.05) is 16.8 Å². The number of rotatable bonds is 5. The molecule has 0 spiro atoms.